The van der Waals surface area contributed by atoms with Crippen LogP contribution in [-0.2, 0) is 6.54 Å². The number of hydrogen-bond acceptors (Lipinski definition) is 4. The third-order valence-electron chi connectivity index (χ3n) is 1.76. The Labute approximate surface area is 94.2 Å². The molecule has 0 spiro atoms. The van der Waals surface area contributed by atoms with Crippen LogP contribution < -0.4 is 5.73 Å². The minimum absolute atomic E-state index is 0.271. The van der Waals surface area contributed by atoms with Crippen LogP contribution in [0.2, 0.25) is 0 Å². The standard InChI is InChI=1S/C8H8IN5/c1-2-3-14-4-11-5-6(9)12-8(10)13-7(5)14/h2,4H,1,3H2,(H2,10,12,13). The van der Waals surface area contributed by atoms with E-state index >= 15 is 0 Å². The average molecular weight is 301 g/mol. The maximum Gasteiger partial charge on any atom is 0.223 e. The number of fused-ring (bicyclic) bond motifs is 1. The van der Waals surface area contributed by atoms with Gasteiger partial charge in [-0.05, 0) is 22.6 Å². The summed E-state index contributed by atoms with van der Waals surface area (Å²) in [6.07, 6.45) is 3.49. The minimum atomic E-state index is 0.271. The molecule has 0 unspecified atom stereocenters. The molecular formula is C8H8IN5. The van der Waals surface area contributed by atoms with E-state index in [1.165, 1.54) is 0 Å². The quantitative estimate of drug-likeness (QED) is 0.514. The molecule has 0 saturated carbocycles. The lowest BCUT2D eigenvalue weighted by atomic mass is 10.5. The summed E-state index contributed by atoms with van der Waals surface area (Å²) >= 11 is 2.09. The molecular weight excluding hydrogens is 293 g/mol. The zero-order valence-electron chi connectivity index (χ0n) is 7.31. The molecule has 2 aromatic heterocycles. The monoisotopic (exact) mass is 301 g/mol. The van der Waals surface area contributed by atoms with Crippen LogP contribution in [0.3, 0.4) is 0 Å². The SMILES string of the molecule is C=CCn1cnc2c(I)nc(N)nc21. The van der Waals surface area contributed by atoms with Crippen molar-refractivity contribution in [1.29, 1.82) is 0 Å². The van der Waals surface area contributed by atoms with Crippen LogP contribution in [0.15, 0.2) is 19.0 Å². The Kier molecular flexibility index (Phi) is 2.36. The van der Waals surface area contributed by atoms with Gasteiger partial charge in [0, 0.05) is 6.54 Å². The fourth-order valence-electron chi connectivity index (χ4n) is 1.20. The van der Waals surface area contributed by atoms with E-state index in [-0.39, 0.29) is 5.95 Å². The van der Waals surface area contributed by atoms with Gasteiger partial charge in [0.05, 0.1) is 6.33 Å². The van der Waals surface area contributed by atoms with E-state index in [1.807, 2.05) is 4.57 Å². The fraction of sp³-hybridized carbons (Fsp3) is 0.125. The van der Waals surface area contributed by atoms with Gasteiger partial charge in [0.2, 0.25) is 5.95 Å². The molecule has 0 aliphatic carbocycles. The van der Waals surface area contributed by atoms with Crippen molar-refractivity contribution in [2.24, 2.45) is 0 Å². The van der Waals surface area contributed by atoms with Crippen molar-refractivity contribution in [2.45, 2.75) is 6.54 Å². The largest absolute Gasteiger partial charge is 0.368 e. The number of nitrogens with zero attached hydrogens (tertiary/aromatic N) is 4. The van der Waals surface area contributed by atoms with Gasteiger partial charge in [0.1, 0.15) is 9.22 Å². The van der Waals surface area contributed by atoms with Gasteiger partial charge >= 0.3 is 0 Å². The molecule has 6 heteroatoms. The van der Waals surface area contributed by atoms with Crippen molar-refractivity contribution in [3.63, 3.8) is 0 Å². The third-order valence-corrected chi connectivity index (χ3v) is 2.52. The molecule has 0 amide bonds. The predicted molar refractivity (Wildman–Crippen MR) is 62.6 cm³/mol. The first-order chi connectivity index (χ1) is 6.72. The molecule has 2 aromatic rings. The molecule has 14 heavy (non-hydrogen) atoms. The second-order valence-electron chi connectivity index (χ2n) is 2.73. The van der Waals surface area contributed by atoms with Crippen LogP contribution >= 0.6 is 22.6 Å². The van der Waals surface area contributed by atoms with Crippen molar-refractivity contribution in [3.05, 3.63) is 22.7 Å². The zero-order valence-corrected chi connectivity index (χ0v) is 9.47. The van der Waals surface area contributed by atoms with Gasteiger partial charge in [-0.1, -0.05) is 6.08 Å². The summed E-state index contributed by atoms with van der Waals surface area (Å²) in [6.45, 7) is 4.33. The molecule has 0 fully saturated rings. The van der Waals surface area contributed by atoms with Crippen molar-refractivity contribution in [2.75, 3.05) is 5.73 Å². The summed E-state index contributed by atoms with van der Waals surface area (Å²) in [7, 11) is 0. The highest BCUT2D eigenvalue weighted by atomic mass is 127. The first kappa shape index (κ1) is 9.38. The lowest BCUT2D eigenvalue weighted by Gasteiger charge is -1.99. The molecule has 0 aliphatic rings. The number of rotatable bonds is 2. The van der Waals surface area contributed by atoms with E-state index < -0.39 is 0 Å². The molecule has 2 rings (SSSR count). The lowest BCUT2D eigenvalue weighted by molar-refractivity contribution is 0.839. The molecule has 0 radical (unpaired) electrons. The van der Waals surface area contributed by atoms with Crippen molar-refractivity contribution in [3.8, 4) is 0 Å². The van der Waals surface area contributed by atoms with Gasteiger partial charge in [-0.15, -0.1) is 6.58 Å². The van der Waals surface area contributed by atoms with Crippen LogP contribution in [0, 0.1) is 3.70 Å². The average Bonchev–Trinajstić information content (AvgIpc) is 2.49. The van der Waals surface area contributed by atoms with Crippen LogP contribution in [0.4, 0.5) is 5.95 Å². The summed E-state index contributed by atoms with van der Waals surface area (Å²) in [5.41, 5.74) is 7.09. The van der Waals surface area contributed by atoms with Crippen LogP contribution in [0.25, 0.3) is 11.2 Å². The smallest absolute Gasteiger partial charge is 0.223 e. The summed E-state index contributed by atoms with van der Waals surface area (Å²) in [4.78, 5) is 12.4. The van der Waals surface area contributed by atoms with E-state index in [0.29, 0.717) is 6.54 Å². The highest BCUT2D eigenvalue weighted by molar-refractivity contribution is 14.1. The number of halogens is 1. The summed E-state index contributed by atoms with van der Waals surface area (Å²) in [5.74, 6) is 0.271. The Morgan fingerprint density at radius 2 is 2.36 bits per heavy atom. The second-order valence-corrected chi connectivity index (χ2v) is 3.75. The van der Waals surface area contributed by atoms with E-state index in [2.05, 4.69) is 44.1 Å². The van der Waals surface area contributed by atoms with Gasteiger partial charge in [-0.25, -0.2) is 9.97 Å². The maximum absolute atomic E-state index is 5.55. The molecule has 0 aromatic carbocycles. The van der Waals surface area contributed by atoms with E-state index in [1.54, 1.807) is 12.4 Å². The number of aromatic nitrogens is 4. The van der Waals surface area contributed by atoms with Gasteiger partial charge in [0.15, 0.2) is 5.65 Å². The minimum Gasteiger partial charge on any atom is -0.368 e. The molecule has 0 bridgehead atoms. The number of allylic oxidation sites excluding steroid dienone is 1. The van der Waals surface area contributed by atoms with Crippen molar-refractivity contribution < 1.29 is 0 Å². The summed E-state index contributed by atoms with van der Waals surface area (Å²) in [6, 6.07) is 0. The number of anilines is 1. The number of nitrogens with two attached hydrogens (primary N) is 1. The summed E-state index contributed by atoms with van der Waals surface area (Å²) in [5, 5.41) is 0. The maximum atomic E-state index is 5.55. The van der Waals surface area contributed by atoms with Crippen molar-refractivity contribution in [1.82, 2.24) is 19.5 Å². The molecule has 5 nitrogen and oxygen atoms in total. The first-order valence-electron chi connectivity index (χ1n) is 3.97. The van der Waals surface area contributed by atoms with E-state index in [4.69, 9.17) is 5.73 Å². The number of imidazole rings is 1. The molecule has 0 aliphatic heterocycles. The normalized spacial score (nSPS) is 10.6. The Morgan fingerprint density at radius 1 is 1.57 bits per heavy atom. The van der Waals surface area contributed by atoms with Crippen LogP contribution in [0.5, 0.6) is 0 Å². The number of hydrogen-bond donors (Lipinski definition) is 1. The molecule has 0 saturated heterocycles. The van der Waals surface area contributed by atoms with Crippen molar-refractivity contribution >= 4 is 39.7 Å². The van der Waals surface area contributed by atoms with E-state index in [0.717, 1.165) is 14.9 Å². The highest BCUT2D eigenvalue weighted by Gasteiger charge is 2.08. The summed E-state index contributed by atoms with van der Waals surface area (Å²) < 4.78 is 2.65. The Balaban J connectivity index is 2.71. The van der Waals surface area contributed by atoms with Gasteiger partial charge in [-0.3, -0.25) is 0 Å². The van der Waals surface area contributed by atoms with Gasteiger partial charge < -0.3 is 10.3 Å². The third kappa shape index (κ3) is 1.45. The topological polar surface area (TPSA) is 69.6 Å². The van der Waals surface area contributed by atoms with Gasteiger partial charge in [0.25, 0.3) is 0 Å². The lowest BCUT2D eigenvalue weighted by Crippen LogP contribution is -2.01. The molecule has 2 N–H and O–H groups in total. The number of nitrogen functional groups attached to an aromatic ring is 1. The van der Waals surface area contributed by atoms with Crippen LogP contribution in [0.1, 0.15) is 0 Å². The highest BCUT2D eigenvalue weighted by Crippen LogP contribution is 2.16. The predicted octanol–water partition coefficient (Wildman–Crippen LogP) is 1.20. The van der Waals surface area contributed by atoms with E-state index in [9.17, 15) is 0 Å². The first-order valence-corrected chi connectivity index (χ1v) is 5.05. The fourth-order valence-corrected chi connectivity index (χ4v) is 1.83. The van der Waals surface area contributed by atoms with Crippen LogP contribution in [-0.4, -0.2) is 19.5 Å². The second kappa shape index (κ2) is 3.52. The Hall–Kier alpha value is -1.18. The Bertz CT molecular complexity index is 490. The Morgan fingerprint density at radius 3 is 3.07 bits per heavy atom. The molecule has 0 atom stereocenters. The molecule has 72 valence electrons. The zero-order chi connectivity index (χ0) is 10.1. The van der Waals surface area contributed by atoms with Gasteiger partial charge in [-0.2, -0.15) is 4.98 Å². The molecule has 2 heterocycles.